The summed E-state index contributed by atoms with van der Waals surface area (Å²) < 4.78 is 23.4. The third kappa shape index (κ3) is 8.87. The lowest BCUT2D eigenvalue weighted by molar-refractivity contribution is -0.239. The van der Waals surface area contributed by atoms with Crippen LogP contribution in [0.5, 0.6) is 5.75 Å². The number of azo groups is 1. The molecule has 2 aliphatic carbocycles. The van der Waals surface area contributed by atoms with E-state index < -0.39 is 0 Å². The van der Waals surface area contributed by atoms with Gasteiger partial charge in [-0.25, -0.2) is 4.79 Å². The predicted molar refractivity (Wildman–Crippen MR) is 168 cm³/mol. The fourth-order valence-electron chi connectivity index (χ4n) is 6.32. The van der Waals surface area contributed by atoms with Crippen molar-refractivity contribution in [3.63, 3.8) is 0 Å². The Morgan fingerprint density at radius 3 is 1.98 bits per heavy atom. The molecule has 1 saturated heterocycles. The molecular weight excluding hydrogens is 540 g/mol. The highest BCUT2D eigenvalue weighted by atomic mass is 16.7. The van der Waals surface area contributed by atoms with Gasteiger partial charge < -0.3 is 18.9 Å². The van der Waals surface area contributed by atoms with Crippen molar-refractivity contribution in [1.29, 1.82) is 0 Å². The average molecular weight is 587 g/mol. The molecule has 2 fully saturated rings. The first-order chi connectivity index (χ1) is 21.0. The summed E-state index contributed by atoms with van der Waals surface area (Å²) in [6, 6.07) is 15.7. The Balaban J connectivity index is 0.917. The van der Waals surface area contributed by atoms with Crippen LogP contribution in [0.25, 0.3) is 0 Å². The standard InChI is InChI=1S/C36H46N2O5/c1-27(2)34(39)41-22-10-8-6-4-3-5-7-9-21-40-33-19-17-32(18-20-33)38-37-31-15-12-29(13-16-31)35-42-25-36(26-43-35)24-28-11-14-30(36)23-28/h11-20,28,30,35H,1,3-10,21-26H2,2H3. The lowest BCUT2D eigenvalue weighted by atomic mass is 9.76. The molecule has 5 rings (SSSR count). The summed E-state index contributed by atoms with van der Waals surface area (Å²) in [6.45, 7) is 8.01. The van der Waals surface area contributed by atoms with Crippen LogP contribution in [0.15, 0.2) is 83.1 Å². The molecular formula is C36H46N2O5. The minimum Gasteiger partial charge on any atom is -0.494 e. The minimum atomic E-state index is -0.310. The summed E-state index contributed by atoms with van der Waals surface area (Å²) in [7, 11) is 0. The number of ether oxygens (including phenoxy) is 4. The molecule has 230 valence electrons. The first-order valence-corrected chi connectivity index (χ1v) is 16.0. The second kappa shape index (κ2) is 15.4. The molecule has 0 N–H and O–H groups in total. The Bertz CT molecular complexity index is 1250. The van der Waals surface area contributed by atoms with Crippen LogP contribution in [0.2, 0.25) is 0 Å². The van der Waals surface area contributed by atoms with Crippen molar-refractivity contribution in [3.05, 3.63) is 78.4 Å². The van der Waals surface area contributed by atoms with E-state index >= 15 is 0 Å². The topological polar surface area (TPSA) is 78.7 Å². The molecule has 1 heterocycles. The molecule has 2 aromatic rings. The second-order valence-corrected chi connectivity index (χ2v) is 12.4. The maximum atomic E-state index is 11.3. The van der Waals surface area contributed by atoms with Gasteiger partial charge in [0.05, 0.1) is 37.8 Å². The van der Waals surface area contributed by atoms with E-state index in [9.17, 15) is 4.79 Å². The van der Waals surface area contributed by atoms with Crippen molar-refractivity contribution in [2.75, 3.05) is 26.4 Å². The van der Waals surface area contributed by atoms with Crippen molar-refractivity contribution < 1.29 is 23.7 Å². The third-order valence-electron chi connectivity index (χ3n) is 8.84. The molecule has 1 saturated carbocycles. The van der Waals surface area contributed by atoms with Gasteiger partial charge in [0.1, 0.15) is 5.75 Å². The van der Waals surface area contributed by atoms with Crippen LogP contribution in [0.1, 0.15) is 83.0 Å². The lowest BCUT2D eigenvalue weighted by Gasteiger charge is -2.41. The van der Waals surface area contributed by atoms with E-state index in [0.717, 1.165) is 61.8 Å². The zero-order chi connectivity index (χ0) is 29.9. The van der Waals surface area contributed by atoms with Crippen LogP contribution in [0, 0.1) is 17.3 Å². The summed E-state index contributed by atoms with van der Waals surface area (Å²) in [5, 5.41) is 8.77. The number of hydrogen-bond donors (Lipinski definition) is 0. The van der Waals surface area contributed by atoms with E-state index in [1.807, 2.05) is 48.5 Å². The van der Waals surface area contributed by atoms with E-state index in [-0.39, 0.29) is 17.7 Å². The van der Waals surface area contributed by atoms with E-state index in [1.165, 1.54) is 44.9 Å². The van der Waals surface area contributed by atoms with E-state index in [0.29, 0.717) is 24.0 Å². The average Bonchev–Trinajstić information content (AvgIpc) is 3.63. The van der Waals surface area contributed by atoms with Gasteiger partial charge in [0.2, 0.25) is 0 Å². The van der Waals surface area contributed by atoms with Crippen LogP contribution in [0.3, 0.4) is 0 Å². The fraction of sp³-hybridized carbons (Fsp3) is 0.528. The summed E-state index contributed by atoms with van der Waals surface area (Å²) in [5.74, 6) is 1.89. The molecule has 7 heteroatoms. The number of carbonyl (C=O) groups is 1. The molecule has 43 heavy (non-hydrogen) atoms. The van der Waals surface area contributed by atoms with Gasteiger partial charge in [0.25, 0.3) is 0 Å². The lowest BCUT2D eigenvalue weighted by Crippen LogP contribution is -2.41. The van der Waals surface area contributed by atoms with Crippen LogP contribution >= 0.6 is 0 Å². The second-order valence-electron chi connectivity index (χ2n) is 12.4. The number of hydrogen-bond acceptors (Lipinski definition) is 7. The Morgan fingerprint density at radius 1 is 0.837 bits per heavy atom. The summed E-state index contributed by atoms with van der Waals surface area (Å²) >= 11 is 0. The number of nitrogens with zero attached hydrogens (tertiary/aromatic N) is 2. The summed E-state index contributed by atoms with van der Waals surface area (Å²) in [6.07, 6.45) is 16.0. The highest BCUT2D eigenvalue weighted by Crippen LogP contribution is 2.54. The number of unbranched alkanes of at least 4 members (excludes halogenated alkanes) is 7. The van der Waals surface area contributed by atoms with Crippen molar-refractivity contribution in [2.24, 2.45) is 27.5 Å². The van der Waals surface area contributed by atoms with Crippen LogP contribution < -0.4 is 4.74 Å². The molecule has 1 aliphatic heterocycles. The van der Waals surface area contributed by atoms with Crippen molar-refractivity contribution >= 4 is 17.3 Å². The van der Waals surface area contributed by atoms with Crippen LogP contribution in [0.4, 0.5) is 11.4 Å². The molecule has 0 amide bonds. The van der Waals surface area contributed by atoms with Gasteiger partial charge >= 0.3 is 5.97 Å². The van der Waals surface area contributed by atoms with Gasteiger partial charge in [-0.15, -0.1) is 0 Å². The normalized spacial score (nSPS) is 24.2. The minimum absolute atomic E-state index is 0.179. The highest BCUT2D eigenvalue weighted by Gasteiger charge is 2.51. The maximum Gasteiger partial charge on any atom is 0.333 e. The predicted octanol–water partition coefficient (Wildman–Crippen LogP) is 9.35. The van der Waals surface area contributed by atoms with E-state index in [1.54, 1.807) is 6.92 Å². The van der Waals surface area contributed by atoms with Crippen molar-refractivity contribution in [3.8, 4) is 5.75 Å². The van der Waals surface area contributed by atoms with E-state index in [4.69, 9.17) is 18.9 Å². The Kier molecular flexibility index (Phi) is 11.2. The van der Waals surface area contributed by atoms with Crippen molar-refractivity contribution in [2.45, 2.75) is 77.4 Å². The van der Waals surface area contributed by atoms with Gasteiger partial charge in [-0.2, -0.15) is 10.2 Å². The number of esters is 1. The fourth-order valence-corrected chi connectivity index (χ4v) is 6.32. The van der Waals surface area contributed by atoms with E-state index in [2.05, 4.69) is 29.0 Å². The van der Waals surface area contributed by atoms with Crippen molar-refractivity contribution in [1.82, 2.24) is 0 Å². The molecule has 2 bridgehead atoms. The highest BCUT2D eigenvalue weighted by molar-refractivity contribution is 5.86. The number of carbonyl (C=O) groups excluding carboxylic acids is 1. The Morgan fingerprint density at radius 2 is 1.42 bits per heavy atom. The molecule has 2 unspecified atom stereocenters. The molecule has 0 radical (unpaired) electrons. The molecule has 2 atom stereocenters. The van der Waals surface area contributed by atoms with Gasteiger partial charge in [-0.1, -0.05) is 69.4 Å². The smallest absolute Gasteiger partial charge is 0.333 e. The summed E-state index contributed by atoms with van der Waals surface area (Å²) in [5.41, 5.74) is 3.24. The van der Waals surface area contributed by atoms with Gasteiger partial charge in [-0.05, 0) is 80.8 Å². The first-order valence-electron chi connectivity index (χ1n) is 16.0. The first kappa shape index (κ1) is 31.1. The number of fused-ring (bicyclic) bond motifs is 3. The Labute approximate surface area is 256 Å². The van der Waals surface area contributed by atoms with Gasteiger partial charge in [0.15, 0.2) is 6.29 Å². The SMILES string of the molecule is C=C(C)C(=O)OCCCCCCCCCCOc1ccc(N=Nc2ccc(C3OCC4(CO3)CC3C=CC4C3)cc2)cc1. The summed E-state index contributed by atoms with van der Waals surface area (Å²) in [4.78, 5) is 11.3. The quantitative estimate of drug-likeness (QED) is 0.0644. The zero-order valence-corrected chi connectivity index (χ0v) is 25.5. The maximum absolute atomic E-state index is 11.3. The van der Waals surface area contributed by atoms with Gasteiger partial charge in [0, 0.05) is 16.6 Å². The largest absolute Gasteiger partial charge is 0.494 e. The molecule has 0 aromatic heterocycles. The number of benzene rings is 2. The molecule has 3 aliphatic rings. The zero-order valence-electron chi connectivity index (χ0n) is 25.5. The molecule has 1 spiro atoms. The third-order valence-corrected chi connectivity index (χ3v) is 8.84. The van der Waals surface area contributed by atoms with Crippen LogP contribution in [-0.2, 0) is 19.0 Å². The molecule has 7 nitrogen and oxygen atoms in total. The number of rotatable bonds is 16. The van der Waals surface area contributed by atoms with Crippen LogP contribution in [-0.4, -0.2) is 32.4 Å². The van der Waals surface area contributed by atoms with Gasteiger partial charge in [-0.3, -0.25) is 0 Å². The Hall–Kier alpha value is -3.29. The monoisotopic (exact) mass is 586 g/mol. The molecule has 2 aromatic carbocycles. The number of allylic oxidation sites excluding steroid dienone is 2.